The molecule has 1 aromatic carbocycles. The minimum atomic E-state index is -3.80. The number of nitrogens with zero attached hydrogens (tertiary/aromatic N) is 1. The van der Waals surface area contributed by atoms with Crippen LogP contribution in [0.15, 0.2) is 52.4 Å². The van der Waals surface area contributed by atoms with E-state index in [2.05, 4.69) is 4.98 Å². The standard InChI is InChI=1S/C16H17N3O5S/c17-25(23,24)12-3-1-10(2-4-12)13-8-19(7-11(21)9-20)14-5-6-18-16(22)15(13)14/h1-6,8,11,20-21H,7,9H2,(H,18,22)(H2,17,23,24). The van der Waals surface area contributed by atoms with Crippen molar-refractivity contribution in [2.24, 2.45) is 5.14 Å². The summed E-state index contributed by atoms with van der Waals surface area (Å²) in [5, 5.41) is 24.3. The van der Waals surface area contributed by atoms with E-state index in [-0.39, 0.29) is 17.0 Å². The fourth-order valence-electron chi connectivity index (χ4n) is 2.74. The van der Waals surface area contributed by atoms with Gasteiger partial charge in [-0.15, -0.1) is 0 Å². The van der Waals surface area contributed by atoms with E-state index >= 15 is 0 Å². The number of aromatic nitrogens is 2. The van der Waals surface area contributed by atoms with Crippen LogP contribution in [0.5, 0.6) is 0 Å². The van der Waals surface area contributed by atoms with Gasteiger partial charge in [-0.1, -0.05) is 12.1 Å². The van der Waals surface area contributed by atoms with Gasteiger partial charge in [-0.25, -0.2) is 13.6 Å². The Bertz CT molecular complexity index is 1070. The second kappa shape index (κ2) is 6.45. The predicted octanol–water partition coefficient (Wildman–Crippen LogP) is -0.00280. The van der Waals surface area contributed by atoms with Gasteiger partial charge < -0.3 is 19.8 Å². The maximum Gasteiger partial charge on any atom is 0.258 e. The second-order valence-electron chi connectivity index (χ2n) is 5.67. The fraction of sp³-hybridized carbons (Fsp3) is 0.188. The Morgan fingerprint density at radius 1 is 1.20 bits per heavy atom. The molecule has 0 saturated carbocycles. The van der Waals surface area contributed by atoms with Gasteiger partial charge in [-0.05, 0) is 23.8 Å². The van der Waals surface area contributed by atoms with Gasteiger partial charge in [0.05, 0.1) is 35.1 Å². The molecule has 0 aliphatic rings. The Hall–Kier alpha value is -2.46. The highest BCUT2D eigenvalue weighted by atomic mass is 32.2. The van der Waals surface area contributed by atoms with Gasteiger partial charge in [0.25, 0.3) is 5.56 Å². The first-order valence-corrected chi connectivity index (χ1v) is 8.98. The minimum Gasteiger partial charge on any atom is -0.394 e. The molecule has 132 valence electrons. The third-order valence-corrected chi connectivity index (χ3v) is 4.84. The Balaban J connectivity index is 2.17. The monoisotopic (exact) mass is 363 g/mol. The molecule has 0 bridgehead atoms. The number of H-pyrrole nitrogens is 1. The topological polar surface area (TPSA) is 138 Å². The number of sulfonamides is 1. The number of rotatable bonds is 5. The van der Waals surface area contributed by atoms with Crippen LogP contribution in [-0.4, -0.2) is 40.9 Å². The summed E-state index contributed by atoms with van der Waals surface area (Å²) in [6.45, 7) is -0.285. The van der Waals surface area contributed by atoms with Crippen molar-refractivity contribution in [2.75, 3.05) is 6.61 Å². The molecule has 9 heteroatoms. The van der Waals surface area contributed by atoms with Gasteiger partial charge in [-0.2, -0.15) is 0 Å². The summed E-state index contributed by atoms with van der Waals surface area (Å²) in [7, 11) is -3.80. The molecule has 8 nitrogen and oxygen atoms in total. The molecule has 2 aromatic heterocycles. The number of nitrogens with one attached hydrogen (secondary N) is 1. The third-order valence-electron chi connectivity index (χ3n) is 3.91. The molecular formula is C16H17N3O5S. The van der Waals surface area contributed by atoms with E-state index < -0.39 is 22.7 Å². The number of hydrogen-bond acceptors (Lipinski definition) is 5. The number of aromatic amines is 1. The summed E-state index contributed by atoms with van der Waals surface area (Å²) in [4.78, 5) is 14.9. The first-order valence-electron chi connectivity index (χ1n) is 7.44. The van der Waals surface area contributed by atoms with Gasteiger partial charge in [-0.3, -0.25) is 4.79 Å². The average molecular weight is 363 g/mol. The summed E-state index contributed by atoms with van der Waals surface area (Å²) in [6, 6.07) is 7.56. The zero-order valence-corrected chi connectivity index (χ0v) is 13.9. The fourth-order valence-corrected chi connectivity index (χ4v) is 3.25. The minimum absolute atomic E-state index is 0.0235. The van der Waals surface area contributed by atoms with Crippen molar-refractivity contribution in [3.63, 3.8) is 0 Å². The average Bonchev–Trinajstić information content (AvgIpc) is 2.94. The molecule has 0 fully saturated rings. The van der Waals surface area contributed by atoms with Crippen molar-refractivity contribution in [2.45, 2.75) is 17.5 Å². The number of aliphatic hydroxyl groups is 2. The molecule has 0 spiro atoms. The van der Waals surface area contributed by atoms with Crippen LogP contribution >= 0.6 is 0 Å². The van der Waals surface area contributed by atoms with Crippen LogP contribution in [0.3, 0.4) is 0 Å². The SMILES string of the molecule is NS(=O)(=O)c1ccc(-c2cn(CC(O)CO)c3cc[nH]c(=O)c23)cc1. The second-order valence-corrected chi connectivity index (χ2v) is 7.23. The smallest absolute Gasteiger partial charge is 0.258 e. The molecule has 5 N–H and O–H groups in total. The number of nitrogens with two attached hydrogens (primary N) is 1. The van der Waals surface area contributed by atoms with Crippen molar-refractivity contribution in [1.82, 2.24) is 9.55 Å². The Morgan fingerprint density at radius 3 is 2.48 bits per heavy atom. The lowest BCUT2D eigenvalue weighted by Crippen LogP contribution is -2.19. The molecule has 0 amide bonds. The first kappa shape index (κ1) is 17.4. The lowest BCUT2D eigenvalue weighted by atomic mass is 10.1. The van der Waals surface area contributed by atoms with Crippen LogP contribution in [0.4, 0.5) is 0 Å². The van der Waals surface area contributed by atoms with Gasteiger partial charge in [0.2, 0.25) is 10.0 Å². The molecule has 3 rings (SSSR count). The van der Waals surface area contributed by atoms with E-state index in [1.54, 1.807) is 29.0 Å². The van der Waals surface area contributed by atoms with E-state index in [1.165, 1.54) is 18.3 Å². The van der Waals surface area contributed by atoms with Crippen molar-refractivity contribution < 1.29 is 18.6 Å². The highest BCUT2D eigenvalue weighted by Gasteiger charge is 2.16. The lowest BCUT2D eigenvalue weighted by Gasteiger charge is -2.09. The molecule has 25 heavy (non-hydrogen) atoms. The zero-order chi connectivity index (χ0) is 18.2. The number of pyridine rings is 1. The van der Waals surface area contributed by atoms with Crippen molar-refractivity contribution >= 4 is 20.9 Å². The number of aliphatic hydroxyl groups excluding tert-OH is 2. The number of hydrogen-bond donors (Lipinski definition) is 4. The maximum absolute atomic E-state index is 12.3. The molecule has 2 heterocycles. The van der Waals surface area contributed by atoms with Crippen LogP contribution in [0.2, 0.25) is 0 Å². The van der Waals surface area contributed by atoms with Gasteiger partial charge in [0.1, 0.15) is 0 Å². The normalized spacial score (nSPS) is 13.2. The summed E-state index contributed by atoms with van der Waals surface area (Å²) in [5.74, 6) is 0. The number of fused-ring (bicyclic) bond motifs is 1. The van der Waals surface area contributed by atoms with E-state index in [0.29, 0.717) is 22.0 Å². The molecule has 1 atom stereocenters. The molecule has 0 aliphatic heterocycles. The maximum atomic E-state index is 12.3. The lowest BCUT2D eigenvalue weighted by molar-refractivity contribution is 0.0822. The Morgan fingerprint density at radius 2 is 1.88 bits per heavy atom. The molecular weight excluding hydrogens is 346 g/mol. The zero-order valence-electron chi connectivity index (χ0n) is 13.1. The number of primary sulfonamides is 1. The summed E-state index contributed by atoms with van der Waals surface area (Å²) in [6.07, 6.45) is 2.22. The molecule has 3 aromatic rings. The summed E-state index contributed by atoms with van der Waals surface area (Å²) < 4.78 is 24.4. The molecule has 0 saturated heterocycles. The van der Waals surface area contributed by atoms with E-state index in [9.17, 15) is 18.3 Å². The van der Waals surface area contributed by atoms with E-state index in [1.807, 2.05) is 0 Å². The van der Waals surface area contributed by atoms with Crippen molar-refractivity contribution in [3.8, 4) is 11.1 Å². The van der Waals surface area contributed by atoms with Gasteiger partial charge in [0, 0.05) is 18.0 Å². The Kier molecular flexibility index (Phi) is 4.48. The van der Waals surface area contributed by atoms with Gasteiger partial charge in [0.15, 0.2) is 0 Å². The summed E-state index contributed by atoms with van der Waals surface area (Å²) >= 11 is 0. The number of benzene rings is 1. The van der Waals surface area contributed by atoms with Crippen LogP contribution < -0.4 is 10.7 Å². The Labute approximate surface area is 143 Å². The van der Waals surface area contributed by atoms with Crippen molar-refractivity contribution in [3.05, 3.63) is 53.1 Å². The van der Waals surface area contributed by atoms with E-state index in [0.717, 1.165) is 0 Å². The highest BCUT2D eigenvalue weighted by Crippen LogP contribution is 2.29. The summed E-state index contributed by atoms with van der Waals surface area (Å²) in [5.41, 5.74) is 1.51. The molecule has 0 aliphatic carbocycles. The van der Waals surface area contributed by atoms with Crippen LogP contribution in [0.1, 0.15) is 0 Å². The van der Waals surface area contributed by atoms with Crippen LogP contribution in [0.25, 0.3) is 22.0 Å². The molecule has 1 unspecified atom stereocenters. The van der Waals surface area contributed by atoms with Crippen molar-refractivity contribution in [1.29, 1.82) is 0 Å². The molecule has 0 radical (unpaired) electrons. The van der Waals surface area contributed by atoms with E-state index in [4.69, 9.17) is 10.2 Å². The first-order chi connectivity index (χ1) is 11.8. The van der Waals surface area contributed by atoms with Crippen LogP contribution in [-0.2, 0) is 16.6 Å². The quantitative estimate of drug-likeness (QED) is 0.505. The van der Waals surface area contributed by atoms with Crippen LogP contribution in [0, 0.1) is 0 Å². The largest absolute Gasteiger partial charge is 0.394 e. The predicted molar refractivity (Wildman–Crippen MR) is 92.5 cm³/mol. The van der Waals surface area contributed by atoms with Gasteiger partial charge >= 0.3 is 0 Å². The third kappa shape index (κ3) is 3.35. The highest BCUT2D eigenvalue weighted by molar-refractivity contribution is 7.89.